The zero-order valence-electron chi connectivity index (χ0n) is 13.7. The fourth-order valence-electron chi connectivity index (χ4n) is 4.46. The number of hydrogen-bond donors (Lipinski definition) is 1. The van der Waals surface area contributed by atoms with E-state index >= 15 is 0 Å². The van der Waals surface area contributed by atoms with Gasteiger partial charge < -0.3 is 5.11 Å². The summed E-state index contributed by atoms with van der Waals surface area (Å²) in [4.78, 5) is 6.30. The predicted molar refractivity (Wildman–Crippen MR) is 90.7 cm³/mol. The van der Waals surface area contributed by atoms with Crippen LogP contribution in [0.3, 0.4) is 0 Å². The van der Waals surface area contributed by atoms with Crippen LogP contribution < -0.4 is 0 Å². The quantitative estimate of drug-likeness (QED) is 0.875. The molecule has 0 spiro atoms. The maximum Gasteiger partial charge on any atom is 0.212 e. The van der Waals surface area contributed by atoms with Crippen LogP contribution in [0.15, 0.2) is 48.7 Å². The van der Waals surface area contributed by atoms with E-state index in [1.807, 2.05) is 6.07 Å². The number of halogens is 1. The largest absolute Gasteiger partial charge is 0.385 e. The Morgan fingerprint density at radius 2 is 1.79 bits per heavy atom. The van der Waals surface area contributed by atoms with Crippen molar-refractivity contribution in [2.75, 3.05) is 0 Å². The maximum atomic E-state index is 13.1. The van der Waals surface area contributed by atoms with Crippen molar-refractivity contribution in [3.63, 3.8) is 0 Å². The van der Waals surface area contributed by atoms with E-state index < -0.39 is 11.5 Å². The lowest BCUT2D eigenvalue weighted by atomic mass is 9.72. The molecule has 3 nitrogen and oxygen atoms in total. The molecule has 1 aromatic heterocycles. The monoisotopic (exact) mass is 326 g/mol. The lowest BCUT2D eigenvalue weighted by Crippen LogP contribution is -2.56. The Kier molecular flexibility index (Phi) is 4.10. The zero-order chi connectivity index (χ0) is 16.6. The first-order valence-electron chi connectivity index (χ1n) is 8.78. The average molecular weight is 326 g/mol. The van der Waals surface area contributed by atoms with E-state index in [1.54, 1.807) is 6.07 Å². The first-order chi connectivity index (χ1) is 11.6. The van der Waals surface area contributed by atoms with Crippen molar-refractivity contribution in [1.29, 1.82) is 0 Å². The summed E-state index contributed by atoms with van der Waals surface area (Å²) in [7, 11) is 0. The van der Waals surface area contributed by atoms with E-state index in [0.29, 0.717) is 24.9 Å². The molecule has 24 heavy (non-hydrogen) atoms. The summed E-state index contributed by atoms with van der Waals surface area (Å²) < 4.78 is 13.1. The smallest absolute Gasteiger partial charge is 0.212 e. The van der Waals surface area contributed by atoms with Crippen LogP contribution in [0, 0.1) is 5.95 Å². The third-order valence-electron chi connectivity index (χ3n) is 5.63. The number of pyridine rings is 1. The molecule has 1 N–H and O–H groups in total. The van der Waals surface area contributed by atoms with Crippen molar-refractivity contribution in [1.82, 2.24) is 9.88 Å². The van der Waals surface area contributed by atoms with Crippen LogP contribution in [0.2, 0.25) is 0 Å². The molecule has 0 aliphatic carbocycles. The summed E-state index contributed by atoms with van der Waals surface area (Å²) >= 11 is 0. The number of rotatable bonds is 3. The molecule has 2 aliphatic rings. The second kappa shape index (κ2) is 6.26. The zero-order valence-corrected chi connectivity index (χ0v) is 13.7. The van der Waals surface area contributed by atoms with Crippen LogP contribution in [-0.2, 0) is 12.1 Å². The second-order valence-electron chi connectivity index (χ2n) is 7.21. The highest BCUT2D eigenvalue weighted by Gasteiger charge is 2.46. The number of aromatic nitrogens is 1. The van der Waals surface area contributed by atoms with E-state index in [2.05, 4.69) is 34.1 Å². The lowest BCUT2D eigenvalue weighted by Gasteiger charge is -2.52. The van der Waals surface area contributed by atoms with Gasteiger partial charge in [0, 0.05) is 30.4 Å². The maximum absolute atomic E-state index is 13.1. The third-order valence-corrected chi connectivity index (χ3v) is 5.63. The number of benzene rings is 1. The summed E-state index contributed by atoms with van der Waals surface area (Å²) in [5.41, 5.74) is 1.19. The van der Waals surface area contributed by atoms with Crippen LogP contribution in [0.4, 0.5) is 4.39 Å². The standard InChI is InChI=1S/C20H23FN2O/c21-19-10-9-16(13-22-19)20(24)11-17-7-4-8-18(12-20)23(17)14-15-5-2-1-3-6-15/h1-3,5-6,9-10,13,17-18,24H,4,7-8,11-12,14H2. The van der Waals surface area contributed by atoms with Crippen LogP contribution in [0.25, 0.3) is 0 Å². The molecule has 2 fully saturated rings. The minimum absolute atomic E-state index is 0.368. The molecular weight excluding hydrogens is 303 g/mol. The molecule has 0 amide bonds. The van der Waals surface area contributed by atoms with Gasteiger partial charge in [-0.15, -0.1) is 0 Å². The van der Waals surface area contributed by atoms with Gasteiger partial charge in [-0.05, 0) is 37.3 Å². The van der Waals surface area contributed by atoms with Gasteiger partial charge in [0.1, 0.15) is 0 Å². The molecular formula is C20H23FN2O. The molecule has 2 aliphatic heterocycles. The van der Waals surface area contributed by atoms with Crippen molar-refractivity contribution in [3.05, 3.63) is 65.7 Å². The van der Waals surface area contributed by atoms with Crippen molar-refractivity contribution in [3.8, 4) is 0 Å². The first kappa shape index (κ1) is 15.7. The van der Waals surface area contributed by atoms with Crippen LogP contribution in [-0.4, -0.2) is 27.1 Å². The Morgan fingerprint density at radius 3 is 2.42 bits per heavy atom. The van der Waals surface area contributed by atoms with E-state index in [0.717, 1.165) is 24.9 Å². The van der Waals surface area contributed by atoms with Gasteiger partial charge in [-0.3, -0.25) is 4.90 Å². The number of nitrogens with zero attached hydrogens (tertiary/aromatic N) is 2. The molecule has 4 rings (SSSR count). The fraction of sp³-hybridized carbons (Fsp3) is 0.450. The Morgan fingerprint density at radius 1 is 1.08 bits per heavy atom. The first-order valence-corrected chi connectivity index (χ1v) is 8.78. The molecule has 3 heterocycles. The number of fused-ring (bicyclic) bond motifs is 2. The Bertz CT molecular complexity index is 675. The molecule has 2 unspecified atom stereocenters. The van der Waals surface area contributed by atoms with Gasteiger partial charge in [0.15, 0.2) is 0 Å². The molecule has 0 saturated carbocycles. The van der Waals surface area contributed by atoms with Gasteiger partial charge in [0.25, 0.3) is 0 Å². The summed E-state index contributed by atoms with van der Waals surface area (Å²) in [6, 6.07) is 14.3. The van der Waals surface area contributed by atoms with Crippen LogP contribution in [0.5, 0.6) is 0 Å². The van der Waals surface area contributed by atoms with Gasteiger partial charge in [0.2, 0.25) is 5.95 Å². The van der Waals surface area contributed by atoms with Crippen LogP contribution in [0.1, 0.15) is 43.2 Å². The molecule has 2 bridgehead atoms. The highest BCUT2D eigenvalue weighted by atomic mass is 19.1. The van der Waals surface area contributed by atoms with E-state index in [1.165, 1.54) is 24.2 Å². The van der Waals surface area contributed by atoms with Gasteiger partial charge in [-0.1, -0.05) is 42.8 Å². The van der Waals surface area contributed by atoms with Crippen molar-refractivity contribution in [2.45, 2.75) is 56.3 Å². The van der Waals surface area contributed by atoms with E-state index in [-0.39, 0.29) is 0 Å². The number of piperidine rings is 2. The molecule has 2 aromatic rings. The van der Waals surface area contributed by atoms with Gasteiger partial charge >= 0.3 is 0 Å². The second-order valence-corrected chi connectivity index (χ2v) is 7.21. The number of aliphatic hydroxyl groups is 1. The molecule has 126 valence electrons. The molecule has 0 radical (unpaired) electrons. The van der Waals surface area contributed by atoms with E-state index in [4.69, 9.17) is 0 Å². The summed E-state index contributed by atoms with van der Waals surface area (Å²) in [5.74, 6) is -0.496. The highest BCUT2D eigenvalue weighted by molar-refractivity contribution is 5.22. The van der Waals surface area contributed by atoms with Crippen molar-refractivity contribution < 1.29 is 9.50 Å². The number of hydrogen-bond acceptors (Lipinski definition) is 3. The normalized spacial score (nSPS) is 30.2. The summed E-state index contributed by atoms with van der Waals surface area (Å²) in [6.07, 6.45) is 6.34. The van der Waals surface area contributed by atoms with Crippen LogP contribution >= 0.6 is 0 Å². The predicted octanol–water partition coefficient (Wildman–Crippen LogP) is 3.63. The Balaban J connectivity index is 1.57. The van der Waals surface area contributed by atoms with E-state index in [9.17, 15) is 9.50 Å². The molecule has 2 saturated heterocycles. The topological polar surface area (TPSA) is 36.4 Å². The molecule has 4 heteroatoms. The minimum Gasteiger partial charge on any atom is -0.385 e. The van der Waals surface area contributed by atoms with Gasteiger partial charge in [-0.25, -0.2) is 4.98 Å². The SMILES string of the molecule is OC1(c2ccc(F)nc2)CC2CCCC(C1)N2Cc1ccccc1. The van der Waals surface area contributed by atoms with Crippen molar-refractivity contribution >= 4 is 0 Å². The van der Waals surface area contributed by atoms with Gasteiger partial charge in [-0.2, -0.15) is 4.39 Å². The van der Waals surface area contributed by atoms with Crippen molar-refractivity contribution in [2.24, 2.45) is 0 Å². The Hall–Kier alpha value is -1.78. The van der Waals surface area contributed by atoms with Gasteiger partial charge in [0.05, 0.1) is 5.60 Å². The average Bonchev–Trinajstić information content (AvgIpc) is 2.57. The minimum atomic E-state index is -0.885. The Labute approximate surface area is 142 Å². The highest BCUT2D eigenvalue weighted by Crippen LogP contribution is 2.44. The summed E-state index contributed by atoms with van der Waals surface area (Å²) in [5, 5.41) is 11.2. The third kappa shape index (κ3) is 2.96. The molecule has 2 atom stereocenters. The molecule has 1 aromatic carbocycles. The summed E-state index contributed by atoms with van der Waals surface area (Å²) in [6.45, 7) is 0.938. The fourth-order valence-corrected chi connectivity index (χ4v) is 4.46. The lowest BCUT2D eigenvalue weighted by molar-refractivity contribution is -0.100.